The number of anilines is 2. The Labute approximate surface area is 295 Å². The zero-order chi connectivity index (χ0) is 33.7. The van der Waals surface area contributed by atoms with Gasteiger partial charge >= 0.3 is 70.0 Å². The summed E-state index contributed by atoms with van der Waals surface area (Å²) in [5, 5.41) is 4.60. The fraction of sp³-hybridized carbons (Fsp3) is 0.625. The Morgan fingerprint density at radius 1 is 0.429 bits per heavy atom. The predicted octanol–water partition coefficient (Wildman–Crippen LogP) is 11.1. The van der Waals surface area contributed by atoms with Crippen molar-refractivity contribution in [2.75, 3.05) is 38.0 Å². The molecule has 0 atom stereocenters. The van der Waals surface area contributed by atoms with Crippen molar-refractivity contribution in [1.29, 1.82) is 0 Å². The fourth-order valence-corrected chi connectivity index (χ4v) is 14.8. The van der Waals surface area contributed by atoms with E-state index in [0.29, 0.717) is 20.6 Å². The molecule has 42 heavy (non-hydrogen) atoms. The van der Waals surface area contributed by atoms with Crippen molar-refractivity contribution in [3.63, 3.8) is 0 Å². The molecule has 2 aromatic carbocycles. The van der Waals surface area contributed by atoms with Crippen molar-refractivity contribution in [2.24, 2.45) is 0 Å². The van der Waals surface area contributed by atoms with Crippen LogP contribution in [0, 0.1) is 0 Å². The first-order valence-corrected chi connectivity index (χ1v) is 24.9. The minimum atomic E-state index is -0.614. The molecular weight excluding hydrogens is 829 g/mol. The van der Waals surface area contributed by atoms with E-state index < -0.39 is 15.8 Å². The Kier molecular flexibility index (Phi) is 22.3. The molecule has 0 spiro atoms. The molecule has 0 N–H and O–H groups in total. The molecule has 2 aromatic rings. The molecule has 252 valence electrons. The normalized spacial score (nSPS) is 12.1. The summed E-state index contributed by atoms with van der Waals surface area (Å²) in [6, 6.07) is 18.3. The Hall–Kier alpha value is 1.38. The first-order chi connectivity index (χ1) is 18.9. The van der Waals surface area contributed by atoms with Crippen LogP contribution in [-0.2, 0) is 31.9 Å². The second-order valence-electron chi connectivity index (χ2n) is 14.7. The molecule has 0 radical (unpaired) electrons. The van der Waals surface area contributed by atoms with E-state index in [1.165, 1.54) is 11.4 Å². The van der Waals surface area contributed by atoms with Crippen LogP contribution in [0.25, 0.3) is 0 Å². The van der Waals surface area contributed by atoms with Gasteiger partial charge in [-0.25, -0.2) is 0 Å². The van der Waals surface area contributed by atoms with Gasteiger partial charge in [-0.15, -0.1) is 0 Å². The van der Waals surface area contributed by atoms with Crippen molar-refractivity contribution in [2.45, 2.75) is 104 Å². The van der Waals surface area contributed by atoms with Crippen molar-refractivity contribution in [3.8, 4) is 0 Å². The van der Waals surface area contributed by atoms with E-state index in [9.17, 15) is 0 Å². The SMILES string of the molecule is CN(C)c1ccc([PH+](C(C)(C)C)C(C)(C)C)cc1.CN(C)c1ccc([PH+](C(C)(C)C)C(C)(C)C)cc1.[Cl][Pd][Cl].[Cl][Pd][Cl]. The number of nitrogens with zero attached hydrogens (tertiary/aromatic N) is 2. The minimum absolute atomic E-state index is 0.106. The van der Waals surface area contributed by atoms with Crippen molar-refractivity contribution >= 4 is 75.9 Å². The summed E-state index contributed by atoms with van der Waals surface area (Å²) in [5.41, 5.74) is 2.56. The summed E-state index contributed by atoms with van der Waals surface area (Å²) in [4.78, 5) is 4.31. The van der Waals surface area contributed by atoms with Gasteiger partial charge in [-0.2, -0.15) is 0 Å². The molecule has 0 aromatic heterocycles. The van der Waals surface area contributed by atoms with Crippen molar-refractivity contribution in [1.82, 2.24) is 0 Å². The van der Waals surface area contributed by atoms with Gasteiger partial charge in [0.2, 0.25) is 0 Å². The van der Waals surface area contributed by atoms with Gasteiger partial charge in [-0.1, -0.05) is 0 Å². The first-order valence-electron chi connectivity index (χ1n) is 13.9. The molecule has 0 saturated carbocycles. The van der Waals surface area contributed by atoms with Crippen LogP contribution in [0.2, 0.25) is 0 Å². The Bertz CT molecular complexity index is 869. The number of hydrogen-bond acceptors (Lipinski definition) is 2. The topological polar surface area (TPSA) is 6.48 Å². The van der Waals surface area contributed by atoms with Crippen LogP contribution in [0.4, 0.5) is 11.4 Å². The van der Waals surface area contributed by atoms with E-state index in [4.69, 9.17) is 38.1 Å². The number of benzene rings is 2. The molecule has 0 aliphatic heterocycles. The third kappa shape index (κ3) is 17.9. The molecule has 0 aliphatic carbocycles. The first kappa shape index (κ1) is 45.5. The number of hydrogen-bond donors (Lipinski definition) is 0. The van der Waals surface area contributed by atoms with Gasteiger partial charge in [0.25, 0.3) is 0 Å². The van der Waals surface area contributed by atoms with Crippen LogP contribution in [0.3, 0.4) is 0 Å². The van der Waals surface area contributed by atoms with Gasteiger partial charge in [0.1, 0.15) is 0 Å². The summed E-state index contributed by atoms with van der Waals surface area (Å²) in [6.07, 6.45) is 0. The summed E-state index contributed by atoms with van der Waals surface area (Å²) in [6.45, 7) is 28.6. The molecular formula is C32H58Cl4N2P2Pd2+2. The van der Waals surface area contributed by atoms with Crippen LogP contribution >= 0.6 is 54.0 Å². The third-order valence-corrected chi connectivity index (χ3v) is 14.2. The van der Waals surface area contributed by atoms with E-state index >= 15 is 0 Å². The molecule has 0 aliphatic rings. The monoisotopic (exact) mass is 884 g/mol. The molecule has 0 fully saturated rings. The summed E-state index contributed by atoms with van der Waals surface area (Å²) in [5.74, 6) is 0. The Morgan fingerprint density at radius 2 is 0.595 bits per heavy atom. The van der Waals surface area contributed by atoms with E-state index in [1.807, 2.05) is 0 Å². The van der Waals surface area contributed by atoms with E-state index in [-0.39, 0.29) is 31.9 Å². The average molecular weight is 887 g/mol. The molecule has 0 saturated heterocycles. The van der Waals surface area contributed by atoms with Crippen LogP contribution in [-0.4, -0.2) is 48.8 Å². The van der Waals surface area contributed by atoms with E-state index in [2.05, 4.69) is 170 Å². The van der Waals surface area contributed by atoms with Gasteiger partial charge in [0.05, 0.1) is 31.2 Å². The zero-order valence-electron chi connectivity index (χ0n) is 28.7. The van der Waals surface area contributed by atoms with E-state index in [0.717, 1.165) is 0 Å². The predicted molar refractivity (Wildman–Crippen MR) is 200 cm³/mol. The van der Waals surface area contributed by atoms with Gasteiger partial charge in [-0.3, -0.25) is 0 Å². The molecule has 10 heteroatoms. The quantitative estimate of drug-likeness (QED) is 0.223. The second-order valence-corrected chi connectivity index (χ2v) is 28.1. The summed E-state index contributed by atoms with van der Waals surface area (Å²) < 4.78 is 0. The van der Waals surface area contributed by atoms with Crippen LogP contribution < -0.4 is 20.4 Å². The molecule has 2 rings (SSSR count). The fourth-order valence-electron chi connectivity index (χ4n) is 5.83. The number of rotatable bonds is 4. The van der Waals surface area contributed by atoms with Gasteiger partial charge < -0.3 is 9.80 Å². The molecule has 0 unspecified atom stereocenters. The third-order valence-electron chi connectivity index (χ3n) is 6.34. The maximum absolute atomic E-state index is 4.81. The van der Waals surface area contributed by atoms with Crippen LogP contribution in [0.15, 0.2) is 48.5 Å². The Morgan fingerprint density at radius 3 is 0.714 bits per heavy atom. The number of halogens is 4. The zero-order valence-corrected chi connectivity index (χ0v) is 36.8. The van der Waals surface area contributed by atoms with Crippen molar-refractivity contribution < 1.29 is 31.9 Å². The summed E-state index contributed by atoms with van der Waals surface area (Å²) >= 11 is -0.211. The van der Waals surface area contributed by atoms with Gasteiger partial charge in [0.15, 0.2) is 0 Å². The van der Waals surface area contributed by atoms with Crippen LogP contribution in [0.5, 0.6) is 0 Å². The van der Waals surface area contributed by atoms with Gasteiger partial charge in [0, 0.05) is 55.4 Å². The Balaban J connectivity index is 0. The maximum atomic E-state index is 4.81. The summed E-state index contributed by atoms with van der Waals surface area (Å²) in [7, 11) is 26.4. The molecule has 0 amide bonds. The molecule has 2 nitrogen and oxygen atoms in total. The van der Waals surface area contributed by atoms with Crippen LogP contribution in [0.1, 0.15) is 83.1 Å². The average Bonchev–Trinajstić information content (AvgIpc) is 2.77. The molecule has 0 bridgehead atoms. The van der Waals surface area contributed by atoms with Gasteiger partial charge in [-0.05, 0) is 132 Å². The second kappa shape index (κ2) is 20.6. The van der Waals surface area contributed by atoms with Crippen molar-refractivity contribution in [3.05, 3.63) is 48.5 Å². The standard InChI is InChI=1S/2C16H28NP.4ClH.2Pd/c2*1-15(2,3)18(16(4,5)6)14-11-9-13(10-12-14)17(7)8;;;;;;/h2*9-12H,1-8H3;4*1H;;/q;;;;;;2*+2/p-2. The van der Waals surface area contributed by atoms with E-state index in [1.54, 1.807) is 10.6 Å². The molecule has 0 heterocycles.